The number of unbranched alkanes of at least 4 members (excludes halogenated alkanes) is 1. The summed E-state index contributed by atoms with van der Waals surface area (Å²) >= 11 is 0. The molecule has 1 aliphatic rings. The van der Waals surface area contributed by atoms with Gasteiger partial charge in [0.1, 0.15) is 0 Å². The lowest BCUT2D eigenvalue weighted by molar-refractivity contribution is 0.113. The van der Waals surface area contributed by atoms with Gasteiger partial charge in [0.15, 0.2) is 0 Å². The molecule has 1 N–H and O–H groups in total. The monoisotopic (exact) mass is 244 g/mol. The second-order valence-electron chi connectivity index (χ2n) is 4.76. The molecule has 1 fully saturated rings. The molecule has 0 aromatic carbocycles. The Morgan fingerprint density at radius 3 is 2.18 bits per heavy atom. The Morgan fingerprint density at radius 1 is 1.00 bits per heavy atom. The summed E-state index contributed by atoms with van der Waals surface area (Å²) in [6.45, 7) is 5.96. The number of rotatable bonds is 12. The summed E-state index contributed by atoms with van der Waals surface area (Å²) in [5.74, 6) is 0. The van der Waals surface area contributed by atoms with E-state index in [1.54, 1.807) is 14.2 Å². The summed E-state index contributed by atoms with van der Waals surface area (Å²) in [5.41, 5.74) is 0. The molecule has 0 aromatic rings. The van der Waals surface area contributed by atoms with Crippen LogP contribution in [0.3, 0.4) is 0 Å². The number of nitrogens with zero attached hydrogens (tertiary/aromatic N) is 1. The van der Waals surface area contributed by atoms with Gasteiger partial charge in [-0.05, 0) is 38.8 Å². The quantitative estimate of drug-likeness (QED) is 0.522. The molecule has 0 radical (unpaired) electrons. The Hall–Kier alpha value is -0.160. The molecule has 4 nitrogen and oxygen atoms in total. The van der Waals surface area contributed by atoms with Crippen LogP contribution >= 0.6 is 0 Å². The third-order valence-corrected chi connectivity index (χ3v) is 3.13. The molecule has 0 bridgehead atoms. The lowest BCUT2D eigenvalue weighted by Gasteiger charge is -2.21. The molecule has 0 spiro atoms. The Morgan fingerprint density at radius 2 is 1.65 bits per heavy atom. The fourth-order valence-electron chi connectivity index (χ4n) is 1.83. The van der Waals surface area contributed by atoms with Crippen LogP contribution in [0.25, 0.3) is 0 Å². The van der Waals surface area contributed by atoms with Crippen molar-refractivity contribution in [3.8, 4) is 0 Å². The topological polar surface area (TPSA) is 33.7 Å². The summed E-state index contributed by atoms with van der Waals surface area (Å²) in [7, 11) is 3.52. The first kappa shape index (κ1) is 14.9. The number of nitrogens with one attached hydrogen (secondary N) is 1. The van der Waals surface area contributed by atoms with E-state index in [2.05, 4.69) is 10.2 Å². The maximum atomic E-state index is 5.12. The Balaban J connectivity index is 1.95. The third-order valence-electron chi connectivity index (χ3n) is 3.13. The molecule has 0 saturated heterocycles. The van der Waals surface area contributed by atoms with Crippen molar-refractivity contribution in [1.82, 2.24) is 10.2 Å². The summed E-state index contributed by atoms with van der Waals surface area (Å²) in [4.78, 5) is 2.42. The fourth-order valence-corrected chi connectivity index (χ4v) is 1.83. The second kappa shape index (κ2) is 9.83. The molecule has 1 rings (SSSR count). The van der Waals surface area contributed by atoms with E-state index in [0.29, 0.717) is 0 Å². The van der Waals surface area contributed by atoms with Crippen LogP contribution in [0.1, 0.15) is 25.7 Å². The van der Waals surface area contributed by atoms with Gasteiger partial charge in [0.2, 0.25) is 0 Å². The second-order valence-corrected chi connectivity index (χ2v) is 4.76. The van der Waals surface area contributed by atoms with Gasteiger partial charge < -0.3 is 14.8 Å². The zero-order valence-electron chi connectivity index (χ0n) is 11.4. The van der Waals surface area contributed by atoms with Crippen LogP contribution in [-0.4, -0.2) is 64.6 Å². The molecule has 0 atom stereocenters. The highest BCUT2D eigenvalue weighted by Gasteiger charge is 2.19. The first-order valence-corrected chi connectivity index (χ1v) is 6.80. The summed E-state index contributed by atoms with van der Waals surface area (Å²) in [6.07, 6.45) is 5.29. The molecular weight excluding hydrogens is 216 g/mol. The number of hydrogen-bond acceptors (Lipinski definition) is 4. The van der Waals surface area contributed by atoms with E-state index in [9.17, 15) is 0 Å². The van der Waals surface area contributed by atoms with Crippen LogP contribution in [-0.2, 0) is 9.47 Å². The van der Waals surface area contributed by atoms with Crippen molar-refractivity contribution in [2.45, 2.75) is 31.7 Å². The Labute approximate surface area is 106 Å². The van der Waals surface area contributed by atoms with Crippen molar-refractivity contribution in [3.63, 3.8) is 0 Å². The maximum absolute atomic E-state index is 5.12. The first-order chi connectivity index (χ1) is 8.36. The van der Waals surface area contributed by atoms with Crippen LogP contribution in [0, 0.1) is 0 Å². The van der Waals surface area contributed by atoms with Gasteiger partial charge in [-0.1, -0.05) is 0 Å². The minimum absolute atomic E-state index is 0.810. The Kier molecular flexibility index (Phi) is 8.61. The minimum Gasteiger partial charge on any atom is -0.383 e. The lowest BCUT2D eigenvalue weighted by atomic mass is 10.3. The number of hydrogen-bond donors (Lipinski definition) is 1. The summed E-state index contributed by atoms with van der Waals surface area (Å²) in [5, 5.41) is 3.55. The highest BCUT2D eigenvalue weighted by Crippen LogP contribution is 2.18. The third kappa shape index (κ3) is 8.55. The first-order valence-electron chi connectivity index (χ1n) is 6.80. The van der Waals surface area contributed by atoms with Gasteiger partial charge in [-0.2, -0.15) is 0 Å². The van der Waals surface area contributed by atoms with Gasteiger partial charge in [0.05, 0.1) is 13.2 Å². The van der Waals surface area contributed by atoms with Crippen molar-refractivity contribution in [2.75, 3.05) is 53.6 Å². The molecule has 4 heteroatoms. The van der Waals surface area contributed by atoms with Crippen LogP contribution < -0.4 is 5.32 Å². The van der Waals surface area contributed by atoms with Crippen molar-refractivity contribution >= 4 is 0 Å². The lowest BCUT2D eigenvalue weighted by Crippen LogP contribution is -2.32. The molecular formula is C13H28N2O2. The average molecular weight is 244 g/mol. The van der Waals surface area contributed by atoms with E-state index >= 15 is 0 Å². The molecule has 0 aromatic heterocycles. The molecule has 0 aliphatic heterocycles. The average Bonchev–Trinajstić information content (AvgIpc) is 3.15. The predicted molar refractivity (Wildman–Crippen MR) is 70.5 cm³/mol. The highest BCUT2D eigenvalue weighted by molar-refractivity contribution is 4.80. The number of methoxy groups -OCH3 is 2. The van der Waals surface area contributed by atoms with E-state index in [4.69, 9.17) is 9.47 Å². The van der Waals surface area contributed by atoms with Crippen molar-refractivity contribution in [1.29, 1.82) is 0 Å². The van der Waals surface area contributed by atoms with Gasteiger partial charge in [-0.3, -0.25) is 4.90 Å². The van der Waals surface area contributed by atoms with E-state index in [0.717, 1.165) is 38.9 Å². The summed E-state index contributed by atoms with van der Waals surface area (Å²) in [6, 6.07) is 0.841. The van der Waals surface area contributed by atoms with E-state index < -0.39 is 0 Å². The van der Waals surface area contributed by atoms with E-state index in [1.165, 1.54) is 32.2 Å². The highest BCUT2D eigenvalue weighted by atomic mass is 16.5. The van der Waals surface area contributed by atoms with Crippen LogP contribution in [0.4, 0.5) is 0 Å². The van der Waals surface area contributed by atoms with Crippen LogP contribution in [0.5, 0.6) is 0 Å². The van der Waals surface area contributed by atoms with Crippen LogP contribution in [0.15, 0.2) is 0 Å². The zero-order valence-corrected chi connectivity index (χ0v) is 11.4. The largest absolute Gasteiger partial charge is 0.383 e. The molecule has 102 valence electrons. The van der Waals surface area contributed by atoms with Gasteiger partial charge in [0, 0.05) is 33.4 Å². The van der Waals surface area contributed by atoms with Crippen LogP contribution in [0.2, 0.25) is 0 Å². The normalized spacial score (nSPS) is 15.7. The molecule has 0 amide bonds. The standard InChI is InChI=1S/C13H28N2O2/c1-16-11-9-15(10-12-17-2)8-4-3-7-14-13-5-6-13/h13-14H,3-12H2,1-2H3. The minimum atomic E-state index is 0.810. The molecule has 0 unspecified atom stereocenters. The van der Waals surface area contributed by atoms with Gasteiger partial charge in [-0.25, -0.2) is 0 Å². The molecule has 17 heavy (non-hydrogen) atoms. The molecule has 1 aliphatic carbocycles. The fraction of sp³-hybridized carbons (Fsp3) is 1.00. The zero-order chi connectivity index (χ0) is 12.3. The van der Waals surface area contributed by atoms with Gasteiger partial charge in [0.25, 0.3) is 0 Å². The Bertz CT molecular complexity index is 167. The van der Waals surface area contributed by atoms with E-state index in [-0.39, 0.29) is 0 Å². The van der Waals surface area contributed by atoms with Crippen molar-refractivity contribution < 1.29 is 9.47 Å². The van der Waals surface area contributed by atoms with Crippen molar-refractivity contribution in [3.05, 3.63) is 0 Å². The SMILES string of the molecule is COCCN(CCCCNC1CC1)CCOC. The van der Waals surface area contributed by atoms with Gasteiger partial charge >= 0.3 is 0 Å². The maximum Gasteiger partial charge on any atom is 0.0589 e. The number of ether oxygens (including phenoxy) is 2. The van der Waals surface area contributed by atoms with Gasteiger partial charge in [-0.15, -0.1) is 0 Å². The van der Waals surface area contributed by atoms with E-state index in [1.807, 2.05) is 0 Å². The molecule has 1 saturated carbocycles. The van der Waals surface area contributed by atoms with Crippen molar-refractivity contribution in [2.24, 2.45) is 0 Å². The smallest absolute Gasteiger partial charge is 0.0589 e. The predicted octanol–water partition coefficient (Wildman–Crippen LogP) is 1.11. The summed E-state index contributed by atoms with van der Waals surface area (Å²) < 4.78 is 10.2. The molecule has 0 heterocycles.